The van der Waals surface area contributed by atoms with Crippen LogP contribution in [-0.2, 0) is 4.74 Å². The molecule has 0 saturated carbocycles. The van der Waals surface area contributed by atoms with E-state index in [0.717, 1.165) is 13.2 Å². The lowest BCUT2D eigenvalue weighted by molar-refractivity contribution is -0.915. The Balaban J connectivity index is -0.000000270. The van der Waals surface area contributed by atoms with Gasteiger partial charge in [-0.15, -0.1) is 50.9 Å². The quantitative estimate of drug-likeness (QED) is 0.641. The summed E-state index contributed by atoms with van der Waals surface area (Å²) in [6.07, 6.45) is 0. The molecule has 1 aliphatic heterocycles. The smallest absolute Gasteiger partial charge is 0.102 e. The van der Waals surface area contributed by atoms with Crippen molar-refractivity contribution in [3.8, 4) is 0 Å². The molecule has 0 aromatic rings. The summed E-state index contributed by atoms with van der Waals surface area (Å²) in [5, 5.41) is 0. The molecule has 12 heavy (non-hydrogen) atoms. The third kappa shape index (κ3) is 5.91. The fourth-order valence-corrected chi connectivity index (χ4v) is 1.10. The van der Waals surface area contributed by atoms with Crippen LogP contribution in [0.5, 0.6) is 0 Å². The summed E-state index contributed by atoms with van der Waals surface area (Å²) >= 11 is 0. The minimum Gasteiger partial charge on any atom is -0.370 e. The number of quaternary nitrogens is 1. The van der Waals surface area contributed by atoms with Crippen LogP contribution in [0.3, 0.4) is 0 Å². The standard InChI is InChI=1S/C7H16NO.3BrH/c1-3-8(2)4-6-9-7-5-8;;;/h3-7H2,1-2H3;3*1H/q+1;;;. The second kappa shape index (κ2) is 8.94. The van der Waals surface area contributed by atoms with Gasteiger partial charge in [0.1, 0.15) is 13.1 Å². The van der Waals surface area contributed by atoms with Crippen molar-refractivity contribution in [1.29, 1.82) is 0 Å². The van der Waals surface area contributed by atoms with Gasteiger partial charge in [0, 0.05) is 0 Å². The number of morpholine rings is 1. The number of ether oxygens (including phenoxy) is 1. The number of halogens is 3. The number of hydrogen-bond acceptors (Lipinski definition) is 1. The molecule has 0 aromatic heterocycles. The predicted molar refractivity (Wildman–Crippen MR) is 68.2 cm³/mol. The molecule has 0 N–H and O–H groups in total. The third-order valence-corrected chi connectivity index (χ3v) is 2.31. The summed E-state index contributed by atoms with van der Waals surface area (Å²) in [6, 6.07) is 0. The van der Waals surface area contributed by atoms with Crippen LogP contribution in [0.25, 0.3) is 0 Å². The maximum absolute atomic E-state index is 5.25. The number of hydrogen-bond donors (Lipinski definition) is 0. The molecular formula is C7H19Br3NO+. The summed E-state index contributed by atoms with van der Waals surface area (Å²) < 4.78 is 6.45. The summed E-state index contributed by atoms with van der Waals surface area (Å²) in [4.78, 5) is 0. The van der Waals surface area contributed by atoms with Gasteiger partial charge >= 0.3 is 0 Å². The molecule has 0 amide bonds. The van der Waals surface area contributed by atoms with E-state index in [4.69, 9.17) is 4.74 Å². The summed E-state index contributed by atoms with van der Waals surface area (Å²) in [5.41, 5.74) is 0. The monoisotopic (exact) mass is 370 g/mol. The molecule has 2 nitrogen and oxygen atoms in total. The summed E-state index contributed by atoms with van der Waals surface area (Å²) in [5.74, 6) is 0. The van der Waals surface area contributed by atoms with Crippen molar-refractivity contribution < 1.29 is 9.22 Å². The zero-order valence-electron chi connectivity index (χ0n) is 7.62. The Bertz CT molecular complexity index is 96.7. The van der Waals surface area contributed by atoms with Crippen LogP contribution in [-0.4, -0.2) is 44.4 Å². The average molecular weight is 373 g/mol. The zero-order chi connectivity index (χ0) is 6.74. The van der Waals surface area contributed by atoms with Gasteiger partial charge in [0.25, 0.3) is 0 Å². The Morgan fingerprint density at radius 2 is 1.50 bits per heavy atom. The Labute approximate surface area is 107 Å². The van der Waals surface area contributed by atoms with Crippen molar-refractivity contribution in [2.24, 2.45) is 0 Å². The molecule has 5 heteroatoms. The highest BCUT2D eigenvalue weighted by atomic mass is 79.9. The van der Waals surface area contributed by atoms with Gasteiger partial charge in [-0.1, -0.05) is 0 Å². The largest absolute Gasteiger partial charge is 0.370 e. The van der Waals surface area contributed by atoms with Crippen molar-refractivity contribution in [1.82, 2.24) is 0 Å². The fraction of sp³-hybridized carbons (Fsp3) is 1.00. The first-order valence-electron chi connectivity index (χ1n) is 3.68. The molecule has 1 fully saturated rings. The molecule has 1 heterocycles. The minimum atomic E-state index is 0. The highest BCUT2D eigenvalue weighted by Gasteiger charge is 2.21. The highest BCUT2D eigenvalue weighted by Crippen LogP contribution is 2.05. The number of nitrogens with zero attached hydrogens (tertiary/aromatic N) is 1. The molecule has 0 aromatic carbocycles. The first-order valence-corrected chi connectivity index (χ1v) is 3.68. The first-order chi connectivity index (χ1) is 4.27. The third-order valence-electron chi connectivity index (χ3n) is 2.31. The van der Waals surface area contributed by atoms with E-state index in [1.165, 1.54) is 24.1 Å². The van der Waals surface area contributed by atoms with Crippen molar-refractivity contribution in [2.75, 3.05) is 39.9 Å². The normalized spacial score (nSPS) is 19.5. The second-order valence-corrected chi connectivity index (χ2v) is 3.00. The molecule has 0 radical (unpaired) electrons. The predicted octanol–water partition coefficient (Wildman–Crippen LogP) is 2.22. The summed E-state index contributed by atoms with van der Waals surface area (Å²) in [7, 11) is 2.29. The molecule has 1 saturated heterocycles. The topological polar surface area (TPSA) is 9.23 Å². The fourth-order valence-electron chi connectivity index (χ4n) is 1.10. The van der Waals surface area contributed by atoms with Crippen molar-refractivity contribution in [3.63, 3.8) is 0 Å². The van der Waals surface area contributed by atoms with Gasteiger partial charge in [-0.05, 0) is 6.92 Å². The van der Waals surface area contributed by atoms with E-state index in [2.05, 4.69) is 14.0 Å². The van der Waals surface area contributed by atoms with E-state index in [1.807, 2.05) is 0 Å². The van der Waals surface area contributed by atoms with E-state index in [-0.39, 0.29) is 50.9 Å². The molecule has 0 spiro atoms. The van der Waals surface area contributed by atoms with Crippen LogP contribution in [0.15, 0.2) is 0 Å². The van der Waals surface area contributed by atoms with Crippen LogP contribution >= 0.6 is 50.9 Å². The van der Waals surface area contributed by atoms with Gasteiger partial charge < -0.3 is 9.22 Å². The second-order valence-electron chi connectivity index (χ2n) is 3.00. The molecule has 0 unspecified atom stereocenters. The lowest BCUT2D eigenvalue weighted by atomic mass is 10.3. The van der Waals surface area contributed by atoms with Gasteiger partial charge in [-0.25, -0.2) is 0 Å². The van der Waals surface area contributed by atoms with Crippen LogP contribution in [0.1, 0.15) is 6.92 Å². The van der Waals surface area contributed by atoms with E-state index in [0.29, 0.717) is 0 Å². The Morgan fingerprint density at radius 3 is 1.75 bits per heavy atom. The maximum atomic E-state index is 5.25. The lowest BCUT2D eigenvalue weighted by Gasteiger charge is -2.36. The van der Waals surface area contributed by atoms with Gasteiger partial charge in [0.2, 0.25) is 0 Å². The molecular weight excluding hydrogens is 354 g/mol. The van der Waals surface area contributed by atoms with Crippen LogP contribution in [0, 0.1) is 0 Å². The molecule has 1 aliphatic rings. The lowest BCUT2D eigenvalue weighted by Crippen LogP contribution is -2.51. The molecule has 78 valence electrons. The van der Waals surface area contributed by atoms with Crippen LogP contribution in [0.2, 0.25) is 0 Å². The minimum absolute atomic E-state index is 0. The Morgan fingerprint density at radius 1 is 1.08 bits per heavy atom. The number of rotatable bonds is 1. The van der Waals surface area contributed by atoms with E-state index in [9.17, 15) is 0 Å². The van der Waals surface area contributed by atoms with Crippen LogP contribution < -0.4 is 0 Å². The maximum Gasteiger partial charge on any atom is 0.102 e. The first kappa shape index (κ1) is 19.0. The molecule has 1 rings (SSSR count). The van der Waals surface area contributed by atoms with E-state index >= 15 is 0 Å². The van der Waals surface area contributed by atoms with E-state index in [1.54, 1.807) is 0 Å². The van der Waals surface area contributed by atoms with Gasteiger partial charge in [0.05, 0.1) is 26.8 Å². The molecule has 0 atom stereocenters. The van der Waals surface area contributed by atoms with Crippen LogP contribution in [0.4, 0.5) is 0 Å². The zero-order valence-corrected chi connectivity index (χ0v) is 12.8. The van der Waals surface area contributed by atoms with Crippen molar-refractivity contribution >= 4 is 50.9 Å². The Hall–Kier alpha value is 1.36. The number of likely N-dealkylation sites (N-methyl/N-ethyl adjacent to an activating group) is 1. The van der Waals surface area contributed by atoms with Crippen molar-refractivity contribution in [3.05, 3.63) is 0 Å². The Kier molecular flexibility index (Phi) is 14.2. The molecule has 0 bridgehead atoms. The molecule has 0 aliphatic carbocycles. The average Bonchev–Trinajstić information content (AvgIpc) is 1.90. The van der Waals surface area contributed by atoms with Crippen molar-refractivity contribution in [2.45, 2.75) is 6.92 Å². The van der Waals surface area contributed by atoms with Gasteiger partial charge in [0.15, 0.2) is 0 Å². The van der Waals surface area contributed by atoms with Gasteiger partial charge in [-0.2, -0.15) is 0 Å². The SMILES string of the molecule is Br.Br.Br.CC[N+]1(C)CCOCC1. The highest BCUT2D eigenvalue weighted by molar-refractivity contribution is 8.93. The van der Waals surface area contributed by atoms with Gasteiger partial charge in [-0.3, -0.25) is 0 Å². The summed E-state index contributed by atoms with van der Waals surface area (Å²) in [6.45, 7) is 7.76. The van der Waals surface area contributed by atoms with E-state index < -0.39 is 0 Å².